The Bertz CT molecular complexity index is 1700. The zero-order valence-corrected chi connectivity index (χ0v) is 28.6. The van der Waals surface area contributed by atoms with Gasteiger partial charge in [0, 0.05) is 29.0 Å². The second-order valence-electron chi connectivity index (χ2n) is 11.3. The number of anilines is 1. The Morgan fingerprint density at radius 1 is 0.867 bits per heavy atom. The highest BCUT2D eigenvalue weighted by atomic mass is 79.9. The summed E-state index contributed by atoms with van der Waals surface area (Å²) in [6.45, 7) is 5.78. The number of nitrogens with one attached hydrogen (secondary N) is 1. The van der Waals surface area contributed by atoms with E-state index in [9.17, 15) is 18.0 Å². The lowest BCUT2D eigenvalue weighted by Crippen LogP contribution is -2.53. The Labute approximate surface area is 279 Å². The number of sulfonamides is 1. The molecule has 0 saturated heterocycles. The summed E-state index contributed by atoms with van der Waals surface area (Å²) in [6, 6.07) is 28.9. The number of carbonyl (C=O) groups is 2. The summed E-state index contributed by atoms with van der Waals surface area (Å²) in [5.74, 6) is -0.650. The summed E-state index contributed by atoms with van der Waals surface area (Å²) in [6.07, 6.45) is 0.245. The SMILES string of the molecule is Cc1ccc(N(CC(=O)N(Cc2ccc(Br)cc2)C(Cc2ccccc2)C(=O)NCC(C)C)S(=O)(=O)c2ccccc2)cc1Cl. The number of hydrogen-bond acceptors (Lipinski definition) is 4. The van der Waals surface area contributed by atoms with Crippen molar-refractivity contribution >= 4 is 55.1 Å². The fourth-order valence-electron chi connectivity index (χ4n) is 4.75. The van der Waals surface area contributed by atoms with E-state index in [-0.39, 0.29) is 35.4 Å². The lowest BCUT2D eigenvalue weighted by molar-refractivity contribution is -0.140. The number of rotatable bonds is 13. The zero-order valence-electron chi connectivity index (χ0n) is 25.5. The number of halogens is 2. The van der Waals surface area contributed by atoms with Crippen LogP contribution in [0.1, 0.15) is 30.5 Å². The molecule has 4 aromatic carbocycles. The van der Waals surface area contributed by atoms with Crippen LogP contribution in [0, 0.1) is 12.8 Å². The molecule has 1 atom stereocenters. The maximum Gasteiger partial charge on any atom is 0.264 e. The molecular weight excluding hydrogens is 674 g/mol. The van der Waals surface area contributed by atoms with E-state index in [1.807, 2.05) is 75.4 Å². The summed E-state index contributed by atoms with van der Waals surface area (Å²) < 4.78 is 30.1. The van der Waals surface area contributed by atoms with Crippen molar-refractivity contribution in [3.63, 3.8) is 0 Å². The molecule has 1 N–H and O–H groups in total. The Morgan fingerprint density at radius 3 is 2.09 bits per heavy atom. The highest BCUT2D eigenvalue weighted by molar-refractivity contribution is 9.10. The summed E-state index contributed by atoms with van der Waals surface area (Å²) in [5, 5.41) is 3.37. The van der Waals surface area contributed by atoms with Gasteiger partial charge in [0.15, 0.2) is 0 Å². The topological polar surface area (TPSA) is 86.8 Å². The number of benzene rings is 4. The average Bonchev–Trinajstić information content (AvgIpc) is 3.03. The predicted octanol–water partition coefficient (Wildman–Crippen LogP) is 7.02. The van der Waals surface area contributed by atoms with Gasteiger partial charge in [0.05, 0.1) is 10.6 Å². The van der Waals surface area contributed by atoms with Crippen LogP contribution in [0.4, 0.5) is 5.69 Å². The van der Waals surface area contributed by atoms with E-state index < -0.39 is 28.5 Å². The molecule has 4 aromatic rings. The van der Waals surface area contributed by atoms with Crippen LogP contribution >= 0.6 is 27.5 Å². The van der Waals surface area contributed by atoms with Gasteiger partial charge < -0.3 is 10.2 Å². The monoisotopic (exact) mass is 709 g/mol. The number of aryl methyl sites for hydroxylation is 1. The fraction of sp³-hybridized carbons (Fsp3) is 0.257. The zero-order chi connectivity index (χ0) is 32.6. The molecular formula is C35H37BrClN3O4S. The second kappa shape index (κ2) is 15.6. The standard InChI is InChI=1S/C35H37BrClN3O4S/c1-25(2)22-38-35(42)33(20-27-10-6-4-7-11-27)39(23-28-15-17-29(36)18-16-28)34(41)24-40(30-19-14-26(3)32(37)21-30)45(43,44)31-12-8-5-9-13-31/h4-19,21,25,33H,20,22-24H2,1-3H3,(H,38,42). The Morgan fingerprint density at radius 2 is 1.49 bits per heavy atom. The minimum Gasteiger partial charge on any atom is -0.354 e. The molecule has 0 bridgehead atoms. The van der Waals surface area contributed by atoms with E-state index in [0.29, 0.717) is 11.6 Å². The van der Waals surface area contributed by atoms with E-state index in [2.05, 4.69) is 21.2 Å². The molecule has 2 amide bonds. The smallest absolute Gasteiger partial charge is 0.264 e. The highest BCUT2D eigenvalue weighted by Gasteiger charge is 2.34. The van der Waals surface area contributed by atoms with Gasteiger partial charge in [-0.15, -0.1) is 0 Å². The van der Waals surface area contributed by atoms with Crippen molar-refractivity contribution in [2.24, 2.45) is 5.92 Å². The Hall–Kier alpha value is -3.66. The molecule has 236 valence electrons. The molecule has 0 aliphatic carbocycles. The van der Waals surface area contributed by atoms with Gasteiger partial charge >= 0.3 is 0 Å². The van der Waals surface area contributed by atoms with Crippen molar-refractivity contribution in [3.8, 4) is 0 Å². The number of nitrogens with zero attached hydrogens (tertiary/aromatic N) is 2. The van der Waals surface area contributed by atoms with Crippen molar-refractivity contribution in [1.82, 2.24) is 10.2 Å². The minimum atomic E-state index is -4.20. The summed E-state index contributed by atoms with van der Waals surface area (Å²) in [5.41, 5.74) is 2.67. The van der Waals surface area contributed by atoms with Gasteiger partial charge in [-0.25, -0.2) is 8.42 Å². The molecule has 0 heterocycles. The number of carbonyl (C=O) groups excluding carboxylic acids is 2. The first-order chi connectivity index (χ1) is 21.5. The summed E-state index contributed by atoms with van der Waals surface area (Å²) in [4.78, 5) is 29.8. The van der Waals surface area contributed by atoms with E-state index in [0.717, 1.165) is 25.5 Å². The van der Waals surface area contributed by atoms with E-state index in [1.165, 1.54) is 17.0 Å². The first-order valence-corrected chi connectivity index (χ1v) is 17.3. The molecule has 0 radical (unpaired) electrons. The van der Waals surface area contributed by atoms with Crippen LogP contribution in [0.3, 0.4) is 0 Å². The lowest BCUT2D eigenvalue weighted by atomic mass is 10.0. The van der Waals surface area contributed by atoms with Crippen LogP contribution in [0.2, 0.25) is 5.02 Å². The third-order valence-corrected chi connectivity index (χ3v) is 10.00. The van der Waals surface area contributed by atoms with Crippen LogP contribution in [0.25, 0.3) is 0 Å². The minimum absolute atomic E-state index is 0.0319. The molecule has 0 aliphatic heterocycles. The third-order valence-electron chi connectivity index (χ3n) is 7.28. The quantitative estimate of drug-likeness (QED) is 0.162. The van der Waals surface area contributed by atoms with Crippen LogP contribution in [0.15, 0.2) is 112 Å². The van der Waals surface area contributed by atoms with Gasteiger partial charge in [-0.1, -0.05) is 108 Å². The van der Waals surface area contributed by atoms with Crippen LogP contribution in [0.5, 0.6) is 0 Å². The van der Waals surface area contributed by atoms with Gasteiger partial charge in [0.25, 0.3) is 10.0 Å². The van der Waals surface area contributed by atoms with Crippen LogP contribution in [-0.2, 0) is 32.6 Å². The molecule has 10 heteroatoms. The molecule has 0 saturated carbocycles. The van der Waals surface area contributed by atoms with Crippen molar-refractivity contribution in [2.75, 3.05) is 17.4 Å². The molecule has 0 spiro atoms. The molecule has 4 rings (SSSR count). The van der Waals surface area contributed by atoms with E-state index >= 15 is 0 Å². The van der Waals surface area contributed by atoms with Gasteiger partial charge in [0.2, 0.25) is 11.8 Å². The van der Waals surface area contributed by atoms with Gasteiger partial charge in [-0.2, -0.15) is 0 Å². The van der Waals surface area contributed by atoms with Crippen molar-refractivity contribution < 1.29 is 18.0 Å². The molecule has 0 fully saturated rings. The Kier molecular flexibility index (Phi) is 11.8. The van der Waals surface area contributed by atoms with Crippen LogP contribution < -0.4 is 9.62 Å². The van der Waals surface area contributed by atoms with Gasteiger partial charge in [0.1, 0.15) is 12.6 Å². The first-order valence-electron chi connectivity index (χ1n) is 14.6. The second-order valence-corrected chi connectivity index (χ2v) is 14.4. The fourth-order valence-corrected chi connectivity index (χ4v) is 6.61. The molecule has 0 aliphatic rings. The van der Waals surface area contributed by atoms with E-state index in [1.54, 1.807) is 36.4 Å². The van der Waals surface area contributed by atoms with Gasteiger partial charge in [-0.3, -0.25) is 13.9 Å². The van der Waals surface area contributed by atoms with Gasteiger partial charge in [-0.05, 0) is 65.9 Å². The molecule has 1 unspecified atom stereocenters. The third kappa shape index (κ3) is 9.19. The van der Waals surface area contributed by atoms with Crippen molar-refractivity contribution in [2.45, 2.75) is 44.7 Å². The number of amides is 2. The predicted molar refractivity (Wildman–Crippen MR) is 184 cm³/mol. The summed E-state index contributed by atoms with van der Waals surface area (Å²) in [7, 11) is -4.20. The molecule has 45 heavy (non-hydrogen) atoms. The number of hydrogen-bond donors (Lipinski definition) is 1. The first kappa shape index (κ1) is 34.2. The van der Waals surface area contributed by atoms with Crippen molar-refractivity contribution in [3.05, 3.63) is 129 Å². The van der Waals surface area contributed by atoms with Crippen molar-refractivity contribution in [1.29, 1.82) is 0 Å². The van der Waals surface area contributed by atoms with Crippen LogP contribution in [-0.4, -0.2) is 44.3 Å². The maximum absolute atomic E-state index is 14.5. The largest absolute Gasteiger partial charge is 0.354 e. The summed E-state index contributed by atoms with van der Waals surface area (Å²) >= 11 is 9.90. The lowest BCUT2D eigenvalue weighted by Gasteiger charge is -2.34. The highest BCUT2D eigenvalue weighted by Crippen LogP contribution is 2.29. The normalized spacial score (nSPS) is 12.0. The Balaban J connectivity index is 1.80. The average molecular weight is 711 g/mol. The molecule has 7 nitrogen and oxygen atoms in total. The maximum atomic E-state index is 14.5. The van der Waals surface area contributed by atoms with E-state index in [4.69, 9.17) is 11.6 Å². The molecule has 0 aromatic heterocycles.